The van der Waals surface area contributed by atoms with Crippen LogP contribution in [0.5, 0.6) is 0 Å². The number of hydrogen-bond donors (Lipinski definition) is 0. The monoisotopic (exact) mass is 409 g/mol. The lowest BCUT2D eigenvalue weighted by Crippen LogP contribution is -2.53. The van der Waals surface area contributed by atoms with Gasteiger partial charge in [-0.25, -0.2) is 9.48 Å². The van der Waals surface area contributed by atoms with Gasteiger partial charge in [0.05, 0.1) is 6.67 Å². The molecule has 1 fully saturated rings. The smallest absolute Gasteiger partial charge is 0.320 e. The Kier molecular flexibility index (Phi) is 6.51. The molecule has 2 amide bonds. The Morgan fingerprint density at radius 3 is 2.59 bits per heavy atom. The molecule has 146 valence electrons. The molecule has 1 saturated heterocycles. The molecule has 0 spiro atoms. The van der Waals surface area contributed by atoms with E-state index in [2.05, 4.69) is 10.00 Å². The molecule has 27 heavy (non-hydrogen) atoms. The lowest BCUT2D eigenvalue weighted by Gasteiger charge is -2.36. The molecule has 2 heterocycles. The number of halogens is 1. The van der Waals surface area contributed by atoms with Gasteiger partial charge in [-0.1, -0.05) is 17.7 Å². The summed E-state index contributed by atoms with van der Waals surface area (Å²) in [6.07, 6.45) is 0. The van der Waals surface area contributed by atoms with Crippen LogP contribution in [0.3, 0.4) is 0 Å². The van der Waals surface area contributed by atoms with E-state index < -0.39 is 0 Å². The predicted octanol–water partition coefficient (Wildman–Crippen LogP) is 3.56. The third kappa shape index (κ3) is 4.69. The molecule has 0 saturated carbocycles. The van der Waals surface area contributed by atoms with Gasteiger partial charge >= 0.3 is 6.03 Å². The molecule has 0 N–H and O–H groups in total. The number of amides is 2. The summed E-state index contributed by atoms with van der Waals surface area (Å²) >= 11 is 11.3. The van der Waals surface area contributed by atoms with Crippen LogP contribution in [-0.2, 0) is 6.67 Å². The number of urea groups is 1. The summed E-state index contributed by atoms with van der Waals surface area (Å²) < 4.78 is 7.30. The quantitative estimate of drug-likeness (QED) is 0.706. The minimum Gasteiger partial charge on any atom is -0.409 e. The maximum absolute atomic E-state index is 12.4. The molecule has 0 radical (unpaired) electrons. The Bertz CT molecular complexity index is 840. The number of carbonyl (C=O) groups is 1. The second kappa shape index (κ2) is 8.86. The van der Waals surface area contributed by atoms with Crippen LogP contribution in [0.4, 0.5) is 4.79 Å². The number of hydrogen-bond acceptors (Lipinski definition) is 5. The SMILES string of the molecule is CCN(CC)C(=O)N1CCN(Cn2nc(-c3cccc(Cl)c3)oc2=S)CC1. The summed E-state index contributed by atoms with van der Waals surface area (Å²) in [5.41, 5.74) is 0.794. The molecule has 1 aliphatic heterocycles. The fraction of sp³-hybridized carbons (Fsp3) is 0.500. The predicted molar refractivity (Wildman–Crippen MR) is 107 cm³/mol. The first kappa shape index (κ1) is 19.9. The van der Waals surface area contributed by atoms with Crippen molar-refractivity contribution in [2.45, 2.75) is 20.5 Å². The Morgan fingerprint density at radius 2 is 1.96 bits per heavy atom. The normalized spacial score (nSPS) is 15.1. The number of piperazine rings is 1. The Balaban J connectivity index is 1.61. The van der Waals surface area contributed by atoms with Gasteiger partial charge in [0.2, 0.25) is 5.89 Å². The van der Waals surface area contributed by atoms with Crippen molar-refractivity contribution < 1.29 is 9.21 Å². The second-order valence-corrected chi connectivity index (χ2v) is 7.17. The van der Waals surface area contributed by atoms with Gasteiger partial charge in [0.15, 0.2) is 0 Å². The van der Waals surface area contributed by atoms with Crippen molar-refractivity contribution >= 4 is 29.8 Å². The first-order valence-electron chi connectivity index (χ1n) is 9.12. The second-order valence-electron chi connectivity index (χ2n) is 6.38. The fourth-order valence-corrected chi connectivity index (χ4v) is 3.47. The van der Waals surface area contributed by atoms with Crippen LogP contribution in [0.15, 0.2) is 28.7 Å². The van der Waals surface area contributed by atoms with Crippen LogP contribution in [0.2, 0.25) is 5.02 Å². The summed E-state index contributed by atoms with van der Waals surface area (Å²) in [5.74, 6) is 0.456. The summed E-state index contributed by atoms with van der Waals surface area (Å²) in [6, 6.07) is 7.44. The van der Waals surface area contributed by atoms with Gasteiger partial charge in [-0.15, -0.1) is 5.10 Å². The van der Waals surface area contributed by atoms with Crippen LogP contribution in [0, 0.1) is 4.84 Å². The van der Waals surface area contributed by atoms with E-state index >= 15 is 0 Å². The van der Waals surface area contributed by atoms with Crippen LogP contribution >= 0.6 is 23.8 Å². The molecule has 1 aliphatic rings. The molecular weight excluding hydrogens is 386 g/mol. The largest absolute Gasteiger partial charge is 0.409 e. The number of benzene rings is 1. The van der Waals surface area contributed by atoms with Crippen molar-refractivity contribution in [2.75, 3.05) is 39.3 Å². The van der Waals surface area contributed by atoms with E-state index in [1.54, 1.807) is 16.8 Å². The molecule has 1 aromatic heterocycles. The van der Waals surface area contributed by atoms with E-state index in [0.717, 1.165) is 31.7 Å². The van der Waals surface area contributed by atoms with Crippen molar-refractivity contribution in [1.29, 1.82) is 0 Å². The Hall–Kier alpha value is -1.90. The lowest BCUT2D eigenvalue weighted by atomic mass is 10.2. The Labute approximate surface area is 169 Å². The zero-order valence-corrected chi connectivity index (χ0v) is 17.2. The molecule has 0 unspecified atom stereocenters. The van der Waals surface area contributed by atoms with Crippen LogP contribution < -0.4 is 0 Å². The van der Waals surface area contributed by atoms with Crippen molar-refractivity contribution in [3.8, 4) is 11.5 Å². The van der Waals surface area contributed by atoms with Crippen molar-refractivity contribution in [3.05, 3.63) is 34.1 Å². The summed E-state index contributed by atoms with van der Waals surface area (Å²) in [7, 11) is 0. The molecule has 9 heteroatoms. The number of nitrogens with zero attached hydrogens (tertiary/aromatic N) is 5. The molecular formula is C18H24ClN5O2S. The van der Waals surface area contributed by atoms with Crippen LogP contribution in [0.25, 0.3) is 11.5 Å². The van der Waals surface area contributed by atoms with Gasteiger partial charge in [-0.2, -0.15) is 0 Å². The van der Waals surface area contributed by atoms with Gasteiger partial charge in [-0.05, 0) is 44.3 Å². The number of rotatable bonds is 5. The van der Waals surface area contributed by atoms with E-state index in [4.69, 9.17) is 28.2 Å². The van der Waals surface area contributed by atoms with E-state index in [1.807, 2.05) is 35.8 Å². The van der Waals surface area contributed by atoms with Crippen LogP contribution in [-0.4, -0.2) is 69.8 Å². The standard InChI is InChI=1S/C18H24ClN5O2S/c1-3-22(4-2)17(25)23-10-8-21(9-11-23)13-24-18(27)26-16(20-24)14-6-5-7-15(19)12-14/h5-7,12H,3-4,8-11,13H2,1-2H3. The molecule has 3 rings (SSSR count). The van der Waals surface area contributed by atoms with Gasteiger partial charge in [0.1, 0.15) is 0 Å². The lowest BCUT2D eigenvalue weighted by molar-refractivity contribution is 0.0964. The van der Waals surface area contributed by atoms with Crippen molar-refractivity contribution in [3.63, 3.8) is 0 Å². The maximum atomic E-state index is 12.4. The summed E-state index contributed by atoms with van der Waals surface area (Å²) in [4.78, 5) is 18.7. The van der Waals surface area contributed by atoms with E-state index in [0.29, 0.717) is 35.5 Å². The van der Waals surface area contributed by atoms with E-state index in [-0.39, 0.29) is 6.03 Å². The maximum Gasteiger partial charge on any atom is 0.320 e. The highest BCUT2D eigenvalue weighted by molar-refractivity contribution is 7.71. The third-order valence-corrected chi connectivity index (χ3v) is 5.22. The minimum atomic E-state index is 0.112. The molecule has 0 bridgehead atoms. The first-order chi connectivity index (χ1) is 13.0. The highest BCUT2D eigenvalue weighted by atomic mass is 35.5. The summed E-state index contributed by atoms with van der Waals surface area (Å²) in [5, 5.41) is 5.10. The zero-order chi connectivity index (χ0) is 19.4. The average Bonchev–Trinajstić information content (AvgIpc) is 3.04. The summed E-state index contributed by atoms with van der Waals surface area (Å²) in [6.45, 7) is 8.94. The average molecular weight is 410 g/mol. The van der Waals surface area contributed by atoms with Gasteiger partial charge in [-0.3, -0.25) is 4.90 Å². The Morgan fingerprint density at radius 1 is 1.26 bits per heavy atom. The van der Waals surface area contributed by atoms with Gasteiger partial charge < -0.3 is 14.2 Å². The van der Waals surface area contributed by atoms with Gasteiger partial charge in [0, 0.05) is 49.9 Å². The molecule has 2 aromatic rings. The van der Waals surface area contributed by atoms with Crippen molar-refractivity contribution in [1.82, 2.24) is 24.5 Å². The van der Waals surface area contributed by atoms with Gasteiger partial charge in [0.25, 0.3) is 4.84 Å². The molecule has 1 aromatic carbocycles. The van der Waals surface area contributed by atoms with E-state index in [9.17, 15) is 4.79 Å². The van der Waals surface area contributed by atoms with E-state index in [1.165, 1.54) is 0 Å². The fourth-order valence-electron chi connectivity index (χ4n) is 3.10. The number of carbonyl (C=O) groups excluding carboxylic acids is 1. The zero-order valence-electron chi connectivity index (χ0n) is 15.6. The third-order valence-electron chi connectivity index (χ3n) is 4.69. The van der Waals surface area contributed by atoms with Crippen molar-refractivity contribution in [2.24, 2.45) is 0 Å². The minimum absolute atomic E-state index is 0.112. The number of aromatic nitrogens is 2. The highest BCUT2D eigenvalue weighted by Gasteiger charge is 2.24. The molecule has 0 atom stereocenters. The van der Waals surface area contributed by atoms with Crippen LogP contribution in [0.1, 0.15) is 13.8 Å². The molecule has 7 nitrogen and oxygen atoms in total. The topological polar surface area (TPSA) is 57.8 Å². The molecule has 0 aliphatic carbocycles. The highest BCUT2D eigenvalue weighted by Crippen LogP contribution is 2.21. The first-order valence-corrected chi connectivity index (χ1v) is 9.90.